The highest BCUT2D eigenvalue weighted by Crippen LogP contribution is 2.42. The SMILES string of the molecule is Cc1ccc2c(COc3ccc(C4C(Cl)C(=O)N4c4ccccc4)cc3)cc(=O)oc2c1. The predicted octanol–water partition coefficient (Wildman–Crippen LogP) is 5.38. The Morgan fingerprint density at radius 3 is 2.47 bits per heavy atom. The molecule has 0 radical (unpaired) electrons. The first-order chi connectivity index (χ1) is 15.5. The normalized spacial score (nSPS) is 17.9. The highest BCUT2D eigenvalue weighted by Gasteiger charge is 2.47. The average Bonchev–Trinajstić information content (AvgIpc) is 2.81. The van der Waals surface area contributed by atoms with Gasteiger partial charge in [0.05, 0.1) is 6.04 Å². The topological polar surface area (TPSA) is 59.8 Å². The summed E-state index contributed by atoms with van der Waals surface area (Å²) in [4.78, 5) is 26.0. The largest absolute Gasteiger partial charge is 0.489 e. The standard InChI is InChI=1S/C26H20ClNO4/c1-16-7-12-21-18(14-23(29)32-22(21)13-16)15-31-20-10-8-17(9-11-20)25-24(27)26(30)28(25)19-5-3-2-4-6-19/h2-14,24-25H,15H2,1H3. The molecule has 3 aromatic carbocycles. The number of carbonyl (C=O) groups excluding carboxylic acids is 1. The van der Waals surface area contributed by atoms with E-state index in [2.05, 4.69) is 0 Å². The van der Waals surface area contributed by atoms with E-state index in [0.717, 1.165) is 27.8 Å². The lowest BCUT2D eigenvalue weighted by Gasteiger charge is -2.44. The minimum Gasteiger partial charge on any atom is -0.489 e. The molecule has 0 aliphatic carbocycles. The Bertz CT molecular complexity index is 1350. The number of fused-ring (bicyclic) bond motifs is 1. The first-order valence-corrected chi connectivity index (χ1v) is 10.7. The van der Waals surface area contributed by atoms with Crippen LogP contribution in [0.3, 0.4) is 0 Å². The van der Waals surface area contributed by atoms with Crippen molar-refractivity contribution in [2.24, 2.45) is 0 Å². The van der Waals surface area contributed by atoms with Crippen molar-refractivity contribution in [3.05, 3.63) is 106 Å². The van der Waals surface area contributed by atoms with E-state index < -0.39 is 11.0 Å². The van der Waals surface area contributed by atoms with Gasteiger partial charge in [-0.05, 0) is 48.4 Å². The summed E-state index contributed by atoms with van der Waals surface area (Å²) in [5.41, 5.74) is 3.69. The number of amides is 1. The number of aryl methyl sites for hydroxylation is 1. The summed E-state index contributed by atoms with van der Waals surface area (Å²) in [6.45, 7) is 2.19. The molecule has 1 saturated heterocycles. The smallest absolute Gasteiger partial charge is 0.336 e. The first kappa shape index (κ1) is 20.3. The molecule has 1 amide bonds. The molecule has 0 saturated carbocycles. The zero-order valence-corrected chi connectivity index (χ0v) is 18.1. The van der Waals surface area contributed by atoms with Crippen LogP contribution in [0.2, 0.25) is 0 Å². The second kappa shape index (κ2) is 8.17. The van der Waals surface area contributed by atoms with Gasteiger partial charge in [0.15, 0.2) is 0 Å². The summed E-state index contributed by atoms with van der Waals surface area (Å²) in [6, 6.07) is 24.0. The van der Waals surface area contributed by atoms with Crippen LogP contribution in [0, 0.1) is 6.92 Å². The van der Waals surface area contributed by atoms with Gasteiger partial charge in [0.25, 0.3) is 0 Å². The Labute approximate surface area is 189 Å². The van der Waals surface area contributed by atoms with Crippen LogP contribution in [0.25, 0.3) is 11.0 Å². The second-order valence-corrected chi connectivity index (χ2v) is 8.31. The van der Waals surface area contributed by atoms with Crippen molar-refractivity contribution in [1.82, 2.24) is 0 Å². The maximum Gasteiger partial charge on any atom is 0.336 e. The number of alkyl halides is 1. The zero-order chi connectivity index (χ0) is 22.2. The fourth-order valence-corrected chi connectivity index (χ4v) is 4.39. The molecule has 2 atom stereocenters. The zero-order valence-electron chi connectivity index (χ0n) is 17.3. The molecule has 0 bridgehead atoms. The lowest BCUT2D eigenvalue weighted by atomic mass is 9.92. The number of anilines is 1. The molecule has 1 aliphatic heterocycles. The van der Waals surface area contributed by atoms with Crippen molar-refractivity contribution < 1.29 is 13.9 Å². The van der Waals surface area contributed by atoms with Crippen molar-refractivity contribution >= 4 is 34.2 Å². The molecule has 1 fully saturated rings. The molecule has 5 rings (SSSR count). The second-order valence-electron chi connectivity index (χ2n) is 7.84. The van der Waals surface area contributed by atoms with Crippen LogP contribution >= 0.6 is 11.6 Å². The van der Waals surface area contributed by atoms with E-state index in [0.29, 0.717) is 11.3 Å². The number of β-lactam (4-membered cyclic amide) rings is 1. The van der Waals surface area contributed by atoms with Crippen molar-refractivity contribution in [3.63, 3.8) is 0 Å². The molecule has 2 unspecified atom stereocenters. The Balaban J connectivity index is 1.34. The van der Waals surface area contributed by atoms with Crippen molar-refractivity contribution in [3.8, 4) is 5.75 Å². The van der Waals surface area contributed by atoms with E-state index in [1.807, 2.05) is 79.7 Å². The van der Waals surface area contributed by atoms with Crippen LogP contribution < -0.4 is 15.3 Å². The molecule has 2 heterocycles. The van der Waals surface area contributed by atoms with Crippen LogP contribution in [-0.4, -0.2) is 11.3 Å². The Hall–Kier alpha value is -3.57. The summed E-state index contributed by atoms with van der Waals surface area (Å²) >= 11 is 6.35. The van der Waals surface area contributed by atoms with Gasteiger partial charge in [0.2, 0.25) is 5.91 Å². The van der Waals surface area contributed by atoms with E-state index in [9.17, 15) is 9.59 Å². The molecule has 160 valence electrons. The van der Waals surface area contributed by atoms with Gasteiger partial charge in [-0.1, -0.05) is 42.5 Å². The summed E-state index contributed by atoms with van der Waals surface area (Å²) in [5.74, 6) is 0.554. The monoisotopic (exact) mass is 445 g/mol. The molecular formula is C26H20ClNO4. The molecular weight excluding hydrogens is 426 g/mol. The van der Waals surface area contributed by atoms with E-state index in [1.54, 1.807) is 4.90 Å². The van der Waals surface area contributed by atoms with E-state index in [-0.39, 0.29) is 18.6 Å². The predicted molar refractivity (Wildman–Crippen MR) is 124 cm³/mol. The van der Waals surface area contributed by atoms with Crippen LogP contribution in [0.1, 0.15) is 22.7 Å². The van der Waals surface area contributed by atoms with Gasteiger partial charge in [0.1, 0.15) is 23.3 Å². The van der Waals surface area contributed by atoms with Crippen LogP contribution in [-0.2, 0) is 11.4 Å². The number of para-hydroxylation sites is 1. The number of hydrogen-bond acceptors (Lipinski definition) is 4. The van der Waals surface area contributed by atoms with Crippen LogP contribution in [0.15, 0.2) is 88.1 Å². The van der Waals surface area contributed by atoms with Gasteiger partial charge in [-0.25, -0.2) is 4.79 Å². The third-order valence-corrected chi connectivity index (χ3v) is 6.09. The number of carbonyl (C=O) groups is 1. The number of nitrogens with zero attached hydrogens (tertiary/aromatic N) is 1. The van der Waals surface area contributed by atoms with Crippen LogP contribution in [0.4, 0.5) is 5.69 Å². The fraction of sp³-hybridized carbons (Fsp3) is 0.154. The van der Waals surface area contributed by atoms with Gasteiger partial charge in [0, 0.05) is 22.7 Å². The van der Waals surface area contributed by atoms with Gasteiger partial charge in [-0.3, -0.25) is 4.79 Å². The quantitative estimate of drug-likeness (QED) is 0.235. The highest BCUT2D eigenvalue weighted by atomic mass is 35.5. The maximum absolute atomic E-state index is 12.4. The molecule has 4 aromatic rings. The van der Waals surface area contributed by atoms with Crippen molar-refractivity contribution in [2.45, 2.75) is 24.9 Å². The van der Waals surface area contributed by atoms with Gasteiger partial charge < -0.3 is 14.1 Å². The molecule has 1 aromatic heterocycles. The number of rotatable bonds is 5. The lowest BCUT2D eigenvalue weighted by molar-refractivity contribution is -0.123. The average molecular weight is 446 g/mol. The van der Waals surface area contributed by atoms with E-state index in [4.69, 9.17) is 20.8 Å². The van der Waals surface area contributed by atoms with Gasteiger partial charge in [-0.15, -0.1) is 11.6 Å². The van der Waals surface area contributed by atoms with Gasteiger partial charge in [-0.2, -0.15) is 0 Å². The Morgan fingerprint density at radius 2 is 1.72 bits per heavy atom. The van der Waals surface area contributed by atoms with Gasteiger partial charge >= 0.3 is 5.63 Å². The molecule has 0 spiro atoms. The number of benzene rings is 3. The summed E-state index contributed by atoms with van der Waals surface area (Å²) in [6.07, 6.45) is 0. The number of halogens is 1. The fourth-order valence-electron chi connectivity index (χ4n) is 4.03. The minimum absolute atomic E-state index is 0.104. The molecule has 6 heteroatoms. The van der Waals surface area contributed by atoms with E-state index in [1.165, 1.54) is 6.07 Å². The first-order valence-electron chi connectivity index (χ1n) is 10.3. The van der Waals surface area contributed by atoms with Crippen LogP contribution in [0.5, 0.6) is 5.75 Å². The lowest BCUT2D eigenvalue weighted by Crippen LogP contribution is -2.56. The molecule has 0 N–H and O–H groups in total. The third kappa shape index (κ3) is 3.65. The summed E-state index contributed by atoms with van der Waals surface area (Å²) in [7, 11) is 0. The van der Waals surface area contributed by atoms with Crippen molar-refractivity contribution in [1.29, 1.82) is 0 Å². The Morgan fingerprint density at radius 1 is 0.969 bits per heavy atom. The number of ether oxygens (including phenoxy) is 1. The highest BCUT2D eigenvalue weighted by molar-refractivity contribution is 6.37. The Kier molecular flexibility index (Phi) is 5.19. The molecule has 1 aliphatic rings. The summed E-state index contributed by atoms with van der Waals surface area (Å²) in [5, 5.41) is 0.253. The van der Waals surface area contributed by atoms with Crippen molar-refractivity contribution in [2.75, 3.05) is 4.90 Å². The number of hydrogen-bond donors (Lipinski definition) is 0. The third-order valence-electron chi connectivity index (χ3n) is 5.66. The minimum atomic E-state index is -0.597. The maximum atomic E-state index is 12.4. The molecule has 5 nitrogen and oxygen atoms in total. The molecule has 32 heavy (non-hydrogen) atoms. The van der Waals surface area contributed by atoms with E-state index >= 15 is 0 Å². The summed E-state index contributed by atoms with van der Waals surface area (Å²) < 4.78 is 11.2.